The Bertz CT molecular complexity index is 475. The molecule has 2 aliphatic rings. The normalized spacial score (nSPS) is 19.1. The highest BCUT2D eigenvalue weighted by atomic mass is 16.4. The topological polar surface area (TPSA) is 74.0 Å². The lowest BCUT2D eigenvalue weighted by Gasteiger charge is -2.39. The lowest BCUT2D eigenvalue weighted by Crippen LogP contribution is -2.57. The molecule has 0 bridgehead atoms. The molecule has 2 heterocycles. The van der Waals surface area contributed by atoms with Crippen molar-refractivity contribution in [2.75, 3.05) is 13.1 Å². The van der Waals surface area contributed by atoms with E-state index in [-0.39, 0.29) is 12.1 Å². The van der Waals surface area contributed by atoms with Crippen molar-refractivity contribution in [2.24, 2.45) is 5.92 Å². The first-order chi connectivity index (χ1) is 9.15. The summed E-state index contributed by atoms with van der Waals surface area (Å²) in [5.41, 5.74) is 0. The van der Waals surface area contributed by atoms with Crippen molar-refractivity contribution in [3.05, 3.63) is 24.2 Å². The number of carbonyl (C=O) groups excluding carboxylic acids is 1. The molecule has 0 unspecified atom stereocenters. The van der Waals surface area contributed by atoms with Crippen molar-refractivity contribution in [2.45, 2.75) is 25.4 Å². The molecule has 1 aliphatic heterocycles. The van der Waals surface area contributed by atoms with Crippen molar-refractivity contribution in [1.82, 2.24) is 9.80 Å². The molecule has 1 saturated heterocycles. The van der Waals surface area contributed by atoms with E-state index in [1.165, 1.54) is 0 Å². The maximum absolute atomic E-state index is 12.3. The molecule has 2 fully saturated rings. The molecule has 1 aliphatic carbocycles. The lowest BCUT2D eigenvalue weighted by molar-refractivity contribution is -0.146. The predicted octanol–water partition coefficient (Wildman–Crippen LogP) is 1.38. The maximum atomic E-state index is 12.3. The molecule has 2 amide bonds. The fraction of sp³-hybridized carbons (Fsp3) is 0.538. The third-order valence-electron chi connectivity index (χ3n) is 3.64. The van der Waals surface area contributed by atoms with Crippen molar-refractivity contribution >= 4 is 12.0 Å². The fourth-order valence-electron chi connectivity index (χ4n) is 2.28. The number of nitrogens with zero attached hydrogens (tertiary/aromatic N) is 2. The molecule has 1 aromatic heterocycles. The van der Waals surface area contributed by atoms with Gasteiger partial charge in [0.25, 0.3) is 0 Å². The van der Waals surface area contributed by atoms with E-state index in [9.17, 15) is 9.59 Å². The second-order valence-electron chi connectivity index (χ2n) is 5.16. The molecule has 102 valence electrons. The van der Waals surface area contributed by atoms with Gasteiger partial charge in [-0.1, -0.05) is 0 Å². The minimum Gasteiger partial charge on any atom is -0.481 e. The molecule has 6 nitrogen and oxygen atoms in total. The average Bonchev–Trinajstić information content (AvgIpc) is 3.01. The van der Waals surface area contributed by atoms with Crippen LogP contribution in [0.2, 0.25) is 0 Å². The van der Waals surface area contributed by atoms with Crippen molar-refractivity contribution < 1.29 is 19.1 Å². The third kappa shape index (κ3) is 2.43. The molecule has 3 rings (SSSR count). The number of hydrogen-bond acceptors (Lipinski definition) is 3. The van der Waals surface area contributed by atoms with Crippen LogP contribution in [-0.4, -0.2) is 46.0 Å². The molecule has 1 N–H and O–H groups in total. The van der Waals surface area contributed by atoms with Gasteiger partial charge >= 0.3 is 12.0 Å². The Morgan fingerprint density at radius 3 is 2.68 bits per heavy atom. The number of carbonyl (C=O) groups is 2. The summed E-state index contributed by atoms with van der Waals surface area (Å²) in [6.45, 7) is 1.09. The molecule has 19 heavy (non-hydrogen) atoms. The van der Waals surface area contributed by atoms with Gasteiger partial charge in [-0.05, 0) is 25.0 Å². The van der Waals surface area contributed by atoms with Crippen LogP contribution < -0.4 is 0 Å². The minimum atomic E-state index is -0.826. The summed E-state index contributed by atoms with van der Waals surface area (Å²) in [5, 5.41) is 8.83. The Kier molecular flexibility index (Phi) is 2.93. The van der Waals surface area contributed by atoms with E-state index in [2.05, 4.69) is 0 Å². The summed E-state index contributed by atoms with van der Waals surface area (Å²) >= 11 is 0. The highest BCUT2D eigenvalue weighted by molar-refractivity contribution is 5.80. The van der Waals surface area contributed by atoms with Crippen LogP contribution in [0.4, 0.5) is 4.79 Å². The SMILES string of the molecule is O=C(O)C1CN(C(=O)N(Cc2ccco2)C2CC2)C1. The van der Waals surface area contributed by atoms with Crippen LogP contribution in [0, 0.1) is 5.92 Å². The third-order valence-corrected chi connectivity index (χ3v) is 3.64. The Morgan fingerprint density at radius 2 is 2.16 bits per heavy atom. The van der Waals surface area contributed by atoms with Crippen LogP contribution in [0.15, 0.2) is 22.8 Å². The van der Waals surface area contributed by atoms with Crippen LogP contribution in [0.5, 0.6) is 0 Å². The van der Waals surface area contributed by atoms with Crippen molar-refractivity contribution in [1.29, 1.82) is 0 Å². The molecule has 1 aromatic rings. The van der Waals surface area contributed by atoms with E-state index in [4.69, 9.17) is 9.52 Å². The number of hydrogen-bond donors (Lipinski definition) is 1. The first kappa shape index (κ1) is 12.1. The van der Waals surface area contributed by atoms with Gasteiger partial charge in [-0.2, -0.15) is 0 Å². The summed E-state index contributed by atoms with van der Waals surface area (Å²) in [7, 11) is 0. The number of aliphatic carboxylic acids is 1. The van der Waals surface area contributed by atoms with E-state index < -0.39 is 11.9 Å². The van der Waals surface area contributed by atoms with Crippen LogP contribution >= 0.6 is 0 Å². The number of carboxylic acids is 1. The van der Waals surface area contributed by atoms with Crippen LogP contribution in [0.1, 0.15) is 18.6 Å². The second kappa shape index (κ2) is 4.60. The van der Waals surface area contributed by atoms with E-state index >= 15 is 0 Å². The number of likely N-dealkylation sites (tertiary alicyclic amines) is 1. The van der Waals surface area contributed by atoms with E-state index in [1.54, 1.807) is 22.1 Å². The molecule has 6 heteroatoms. The summed E-state index contributed by atoms with van der Waals surface area (Å²) < 4.78 is 5.28. The van der Waals surface area contributed by atoms with Gasteiger partial charge in [-0.3, -0.25) is 4.79 Å². The number of carboxylic acid groups (broad SMARTS) is 1. The zero-order chi connectivity index (χ0) is 13.4. The molecule has 0 aromatic carbocycles. The number of rotatable bonds is 4. The number of amides is 2. The zero-order valence-electron chi connectivity index (χ0n) is 10.5. The van der Waals surface area contributed by atoms with Crippen LogP contribution in [-0.2, 0) is 11.3 Å². The molecular weight excluding hydrogens is 248 g/mol. The fourth-order valence-corrected chi connectivity index (χ4v) is 2.28. The van der Waals surface area contributed by atoms with E-state index in [0.29, 0.717) is 19.6 Å². The first-order valence-corrected chi connectivity index (χ1v) is 6.46. The molecule has 0 atom stereocenters. The summed E-state index contributed by atoms with van der Waals surface area (Å²) in [5.74, 6) is -0.475. The van der Waals surface area contributed by atoms with Crippen molar-refractivity contribution in [3.63, 3.8) is 0 Å². The predicted molar refractivity (Wildman–Crippen MR) is 65.4 cm³/mol. The highest BCUT2D eigenvalue weighted by Crippen LogP contribution is 2.31. The van der Waals surface area contributed by atoms with Gasteiger partial charge < -0.3 is 19.3 Å². The smallest absolute Gasteiger partial charge is 0.320 e. The van der Waals surface area contributed by atoms with Crippen molar-refractivity contribution in [3.8, 4) is 0 Å². The maximum Gasteiger partial charge on any atom is 0.320 e. The molecule has 0 radical (unpaired) electrons. The highest BCUT2D eigenvalue weighted by Gasteiger charge is 2.41. The van der Waals surface area contributed by atoms with Crippen LogP contribution in [0.3, 0.4) is 0 Å². The quantitative estimate of drug-likeness (QED) is 0.891. The second-order valence-corrected chi connectivity index (χ2v) is 5.16. The summed E-state index contributed by atoms with van der Waals surface area (Å²) in [4.78, 5) is 26.5. The number of furan rings is 1. The Balaban J connectivity index is 1.61. The Morgan fingerprint density at radius 1 is 1.42 bits per heavy atom. The molecule has 1 saturated carbocycles. The monoisotopic (exact) mass is 264 g/mol. The molecular formula is C13H16N2O4. The van der Waals surface area contributed by atoms with Crippen LogP contribution in [0.25, 0.3) is 0 Å². The Hall–Kier alpha value is -1.98. The molecule has 0 spiro atoms. The average molecular weight is 264 g/mol. The van der Waals surface area contributed by atoms with Gasteiger partial charge in [-0.25, -0.2) is 4.79 Å². The minimum absolute atomic E-state index is 0.0728. The van der Waals surface area contributed by atoms with E-state index in [0.717, 1.165) is 18.6 Å². The van der Waals surface area contributed by atoms with Gasteiger partial charge in [0.05, 0.1) is 18.7 Å². The lowest BCUT2D eigenvalue weighted by atomic mass is 10.0. The first-order valence-electron chi connectivity index (χ1n) is 6.46. The summed E-state index contributed by atoms with van der Waals surface area (Å²) in [6.07, 6.45) is 3.63. The zero-order valence-corrected chi connectivity index (χ0v) is 10.5. The largest absolute Gasteiger partial charge is 0.481 e. The van der Waals surface area contributed by atoms with Gasteiger partial charge in [0, 0.05) is 19.1 Å². The standard InChI is InChI=1S/C13H16N2O4/c16-12(17)9-6-14(7-9)13(18)15(10-3-4-10)8-11-2-1-5-19-11/h1-2,5,9-10H,3-4,6-8H2,(H,16,17). The van der Waals surface area contributed by atoms with Gasteiger partial charge in [0.1, 0.15) is 5.76 Å². The summed E-state index contributed by atoms with van der Waals surface area (Å²) in [6, 6.07) is 3.85. The van der Waals surface area contributed by atoms with Gasteiger partial charge in [0.2, 0.25) is 0 Å². The van der Waals surface area contributed by atoms with Gasteiger partial charge in [-0.15, -0.1) is 0 Å². The van der Waals surface area contributed by atoms with Gasteiger partial charge in [0.15, 0.2) is 0 Å². The Labute approximate surface area is 110 Å². The van der Waals surface area contributed by atoms with E-state index in [1.807, 2.05) is 6.07 Å². The number of urea groups is 1.